The van der Waals surface area contributed by atoms with Crippen LogP contribution in [0.1, 0.15) is 37.9 Å². The van der Waals surface area contributed by atoms with Crippen molar-refractivity contribution in [1.29, 1.82) is 0 Å². The minimum atomic E-state index is -0.0244. The first-order valence-corrected chi connectivity index (χ1v) is 6.58. The number of aryl methyl sites for hydroxylation is 1. The number of imidazole rings is 1. The first-order valence-electron chi connectivity index (χ1n) is 6.58. The summed E-state index contributed by atoms with van der Waals surface area (Å²) in [7, 11) is 2.02. The van der Waals surface area contributed by atoms with E-state index in [2.05, 4.69) is 10.3 Å². The maximum absolute atomic E-state index is 9.57. The van der Waals surface area contributed by atoms with E-state index in [9.17, 15) is 5.11 Å². The molecule has 0 saturated heterocycles. The van der Waals surface area contributed by atoms with E-state index in [0.29, 0.717) is 0 Å². The Hall–Kier alpha value is -0.870. The fourth-order valence-electron chi connectivity index (χ4n) is 2.70. The second kappa shape index (κ2) is 5.65. The number of nitrogens with one attached hydrogen (secondary N) is 1. The van der Waals surface area contributed by atoms with Crippen molar-refractivity contribution in [2.75, 3.05) is 13.2 Å². The predicted molar refractivity (Wildman–Crippen MR) is 67.8 cm³/mol. The van der Waals surface area contributed by atoms with E-state index in [1.54, 1.807) is 0 Å². The number of hydrogen-bond acceptors (Lipinski definition) is 3. The molecule has 0 aliphatic heterocycles. The predicted octanol–water partition coefficient (Wildman–Crippen LogP) is 1.25. The maximum atomic E-state index is 9.57. The lowest BCUT2D eigenvalue weighted by Gasteiger charge is -2.36. The molecule has 0 unspecified atom stereocenters. The topological polar surface area (TPSA) is 50.1 Å². The SMILES string of the molecule is Cn1ccnc1CCNC1(CO)CCCCC1. The van der Waals surface area contributed by atoms with Gasteiger partial charge in [-0.3, -0.25) is 0 Å². The Morgan fingerprint density at radius 3 is 2.76 bits per heavy atom. The zero-order valence-electron chi connectivity index (χ0n) is 10.7. The van der Waals surface area contributed by atoms with Crippen LogP contribution in [-0.2, 0) is 13.5 Å². The summed E-state index contributed by atoms with van der Waals surface area (Å²) >= 11 is 0. The number of rotatable bonds is 5. The fourth-order valence-corrected chi connectivity index (χ4v) is 2.70. The molecule has 0 amide bonds. The molecule has 0 atom stereocenters. The highest BCUT2D eigenvalue weighted by molar-refractivity contribution is 4.94. The number of hydrogen-bond donors (Lipinski definition) is 2. The molecule has 0 spiro atoms. The van der Waals surface area contributed by atoms with Gasteiger partial charge < -0.3 is 15.0 Å². The molecule has 4 heteroatoms. The molecule has 1 aliphatic rings. The Balaban J connectivity index is 1.82. The molecule has 1 aliphatic carbocycles. The summed E-state index contributed by atoms with van der Waals surface area (Å²) in [5.74, 6) is 1.10. The molecule has 17 heavy (non-hydrogen) atoms. The van der Waals surface area contributed by atoms with Crippen LogP contribution in [0.4, 0.5) is 0 Å². The molecule has 0 aromatic carbocycles. The van der Waals surface area contributed by atoms with E-state index in [0.717, 1.165) is 31.6 Å². The standard InChI is InChI=1S/C13H23N3O/c1-16-10-9-14-12(16)5-8-15-13(11-17)6-3-2-4-7-13/h9-10,15,17H,2-8,11H2,1H3. The summed E-state index contributed by atoms with van der Waals surface area (Å²) < 4.78 is 2.05. The Morgan fingerprint density at radius 1 is 1.41 bits per heavy atom. The Kier molecular flexibility index (Phi) is 4.18. The van der Waals surface area contributed by atoms with Crippen molar-refractivity contribution < 1.29 is 5.11 Å². The minimum absolute atomic E-state index is 0.0244. The average Bonchev–Trinajstić information content (AvgIpc) is 2.76. The van der Waals surface area contributed by atoms with Gasteiger partial charge >= 0.3 is 0 Å². The van der Waals surface area contributed by atoms with Crippen molar-refractivity contribution in [1.82, 2.24) is 14.9 Å². The van der Waals surface area contributed by atoms with Gasteiger partial charge in [-0.1, -0.05) is 19.3 Å². The van der Waals surface area contributed by atoms with Gasteiger partial charge in [0.15, 0.2) is 0 Å². The van der Waals surface area contributed by atoms with Crippen LogP contribution >= 0.6 is 0 Å². The van der Waals surface area contributed by atoms with E-state index in [1.807, 2.05) is 24.0 Å². The second-order valence-electron chi connectivity index (χ2n) is 5.13. The van der Waals surface area contributed by atoms with Gasteiger partial charge in [0.05, 0.1) is 6.61 Å². The van der Waals surface area contributed by atoms with Crippen LogP contribution in [0.2, 0.25) is 0 Å². The van der Waals surface area contributed by atoms with E-state index < -0.39 is 0 Å². The monoisotopic (exact) mass is 237 g/mol. The van der Waals surface area contributed by atoms with Crippen LogP contribution in [0.3, 0.4) is 0 Å². The molecule has 1 fully saturated rings. The number of nitrogens with zero attached hydrogens (tertiary/aromatic N) is 2. The summed E-state index contributed by atoms with van der Waals surface area (Å²) in [5, 5.41) is 13.1. The van der Waals surface area contributed by atoms with Crippen molar-refractivity contribution >= 4 is 0 Å². The van der Waals surface area contributed by atoms with Gasteiger partial charge in [0.25, 0.3) is 0 Å². The van der Waals surface area contributed by atoms with Crippen LogP contribution in [0, 0.1) is 0 Å². The summed E-state index contributed by atoms with van der Waals surface area (Å²) in [4.78, 5) is 4.31. The van der Waals surface area contributed by atoms with Crippen LogP contribution in [0.15, 0.2) is 12.4 Å². The van der Waals surface area contributed by atoms with Crippen molar-refractivity contribution in [3.8, 4) is 0 Å². The van der Waals surface area contributed by atoms with E-state index in [1.165, 1.54) is 19.3 Å². The van der Waals surface area contributed by atoms with Crippen molar-refractivity contribution in [3.05, 3.63) is 18.2 Å². The zero-order valence-corrected chi connectivity index (χ0v) is 10.7. The molecule has 1 aromatic heterocycles. The van der Waals surface area contributed by atoms with Crippen LogP contribution in [-0.4, -0.2) is 33.3 Å². The van der Waals surface area contributed by atoms with Gasteiger partial charge in [-0.15, -0.1) is 0 Å². The van der Waals surface area contributed by atoms with Gasteiger partial charge in [-0.05, 0) is 12.8 Å². The molecule has 1 saturated carbocycles. The first kappa shape index (κ1) is 12.6. The molecular weight excluding hydrogens is 214 g/mol. The molecule has 1 heterocycles. The average molecular weight is 237 g/mol. The normalized spacial score (nSPS) is 19.4. The molecular formula is C13H23N3O. The molecule has 0 bridgehead atoms. The van der Waals surface area contributed by atoms with Crippen LogP contribution in [0.25, 0.3) is 0 Å². The molecule has 96 valence electrons. The third-order valence-electron chi connectivity index (χ3n) is 3.88. The van der Waals surface area contributed by atoms with Crippen molar-refractivity contribution in [2.45, 2.75) is 44.1 Å². The molecule has 2 rings (SSSR count). The Labute approximate surface area is 103 Å². The van der Waals surface area contributed by atoms with Gasteiger partial charge in [0.1, 0.15) is 5.82 Å². The highest BCUT2D eigenvalue weighted by Gasteiger charge is 2.30. The molecule has 0 radical (unpaired) electrons. The van der Waals surface area contributed by atoms with E-state index in [-0.39, 0.29) is 12.1 Å². The lowest BCUT2D eigenvalue weighted by Crippen LogP contribution is -2.50. The minimum Gasteiger partial charge on any atom is -0.394 e. The lowest BCUT2D eigenvalue weighted by molar-refractivity contribution is 0.121. The summed E-state index contributed by atoms with van der Waals surface area (Å²) in [6, 6.07) is 0. The number of aliphatic hydroxyl groups is 1. The van der Waals surface area contributed by atoms with E-state index >= 15 is 0 Å². The zero-order chi connectivity index (χ0) is 12.1. The highest BCUT2D eigenvalue weighted by atomic mass is 16.3. The molecule has 1 aromatic rings. The lowest BCUT2D eigenvalue weighted by atomic mass is 9.82. The maximum Gasteiger partial charge on any atom is 0.109 e. The summed E-state index contributed by atoms with van der Waals surface area (Å²) in [6.45, 7) is 1.15. The summed E-state index contributed by atoms with van der Waals surface area (Å²) in [5.41, 5.74) is -0.0244. The van der Waals surface area contributed by atoms with E-state index in [4.69, 9.17) is 0 Å². The molecule has 4 nitrogen and oxygen atoms in total. The van der Waals surface area contributed by atoms with Crippen LogP contribution in [0.5, 0.6) is 0 Å². The fraction of sp³-hybridized carbons (Fsp3) is 0.769. The van der Waals surface area contributed by atoms with Gasteiger partial charge in [0, 0.05) is 37.9 Å². The largest absolute Gasteiger partial charge is 0.394 e. The van der Waals surface area contributed by atoms with Crippen molar-refractivity contribution in [2.24, 2.45) is 7.05 Å². The Morgan fingerprint density at radius 2 is 2.18 bits per heavy atom. The highest BCUT2D eigenvalue weighted by Crippen LogP contribution is 2.27. The quantitative estimate of drug-likeness (QED) is 0.810. The Bertz CT molecular complexity index is 342. The van der Waals surface area contributed by atoms with Gasteiger partial charge in [0.2, 0.25) is 0 Å². The summed E-state index contributed by atoms with van der Waals surface area (Å²) in [6.07, 6.45) is 10.7. The first-order chi connectivity index (χ1) is 8.26. The molecule has 2 N–H and O–H groups in total. The number of aromatic nitrogens is 2. The smallest absolute Gasteiger partial charge is 0.109 e. The van der Waals surface area contributed by atoms with Gasteiger partial charge in [-0.2, -0.15) is 0 Å². The van der Waals surface area contributed by atoms with Crippen molar-refractivity contribution in [3.63, 3.8) is 0 Å². The third-order valence-corrected chi connectivity index (χ3v) is 3.88. The second-order valence-corrected chi connectivity index (χ2v) is 5.13. The van der Waals surface area contributed by atoms with Crippen LogP contribution < -0.4 is 5.32 Å². The third kappa shape index (κ3) is 3.07. The number of aliphatic hydroxyl groups excluding tert-OH is 1. The van der Waals surface area contributed by atoms with Gasteiger partial charge in [-0.25, -0.2) is 4.98 Å².